The molecule has 1 amide bonds. The van der Waals surface area contributed by atoms with E-state index in [0.717, 1.165) is 18.2 Å². The standard InChI is InChI=1S/C14H9F2NO3/c15-8-4-6-9(7-5-8)17-13(18)10-2-1-3-11(12(10)16)14(19)20/h1-7H,(H,17,18)(H,19,20). The smallest absolute Gasteiger partial charge is 0.338 e. The number of hydrogen-bond acceptors (Lipinski definition) is 2. The molecule has 0 saturated carbocycles. The summed E-state index contributed by atoms with van der Waals surface area (Å²) in [5.74, 6) is -3.85. The summed E-state index contributed by atoms with van der Waals surface area (Å²) in [6, 6.07) is 8.40. The first-order valence-corrected chi connectivity index (χ1v) is 5.58. The average molecular weight is 277 g/mol. The van der Waals surface area contributed by atoms with Gasteiger partial charge in [-0.05, 0) is 36.4 Å². The fourth-order valence-corrected chi connectivity index (χ4v) is 1.60. The predicted molar refractivity (Wildman–Crippen MR) is 67.7 cm³/mol. The lowest BCUT2D eigenvalue weighted by Crippen LogP contribution is -2.15. The number of aromatic carboxylic acids is 1. The molecular weight excluding hydrogens is 268 g/mol. The Morgan fingerprint density at radius 1 is 0.950 bits per heavy atom. The van der Waals surface area contributed by atoms with Gasteiger partial charge >= 0.3 is 5.97 Å². The van der Waals surface area contributed by atoms with Crippen molar-refractivity contribution in [1.29, 1.82) is 0 Å². The van der Waals surface area contributed by atoms with Gasteiger partial charge in [0.15, 0.2) is 0 Å². The van der Waals surface area contributed by atoms with Gasteiger partial charge < -0.3 is 10.4 Å². The quantitative estimate of drug-likeness (QED) is 0.906. The number of carbonyl (C=O) groups excluding carboxylic acids is 1. The minimum absolute atomic E-state index is 0.275. The number of carboxylic acid groups (broad SMARTS) is 1. The molecule has 0 spiro atoms. The Kier molecular flexibility index (Phi) is 3.74. The van der Waals surface area contributed by atoms with Crippen LogP contribution in [0, 0.1) is 11.6 Å². The highest BCUT2D eigenvalue weighted by atomic mass is 19.1. The average Bonchev–Trinajstić information content (AvgIpc) is 2.41. The number of carboxylic acids is 1. The number of benzene rings is 2. The number of carbonyl (C=O) groups is 2. The highest BCUT2D eigenvalue weighted by molar-refractivity contribution is 6.05. The Morgan fingerprint density at radius 3 is 2.15 bits per heavy atom. The molecule has 0 aliphatic carbocycles. The van der Waals surface area contributed by atoms with E-state index in [1.165, 1.54) is 24.3 Å². The molecule has 0 aliphatic heterocycles. The van der Waals surface area contributed by atoms with Crippen molar-refractivity contribution in [1.82, 2.24) is 0 Å². The van der Waals surface area contributed by atoms with Crippen LogP contribution in [0.4, 0.5) is 14.5 Å². The summed E-state index contributed by atoms with van der Waals surface area (Å²) in [6.45, 7) is 0. The van der Waals surface area contributed by atoms with Gasteiger partial charge in [0.05, 0.1) is 11.1 Å². The van der Waals surface area contributed by atoms with Crippen LogP contribution in [-0.4, -0.2) is 17.0 Å². The highest BCUT2D eigenvalue weighted by Crippen LogP contribution is 2.16. The van der Waals surface area contributed by atoms with Gasteiger partial charge in [0, 0.05) is 5.69 Å². The summed E-state index contributed by atoms with van der Waals surface area (Å²) in [7, 11) is 0. The van der Waals surface area contributed by atoms with Gasteiger partial charge in [0.25, 0.3) is 5.91 Å². The first kappa shape index (κ1) is 13.7. The molecule has 0 aliphatic rings. The maximum Gasteiger partial charge on any atom is 0.338 e. The molecule has 0 radical (unpaired) electrons. The first-order valence-electron chi connectivity index (χ1n) is 5.58. The zero-order valence-corrected chi connectivity index (χ0v) is 10.1. The van der Waals surface area contributed by atoms with E-state index in [9.17, 15) is 18.4 Å². The van der Waals surface area contributed by atoms with E-state index in [4.69, 9.17) is 5.11 Å². The van der Waals surface area contributed by atoms with Gasteiger partial charge in [-0.15, -0.1) is 0 Å². The predicted octanol–water partition coefficient (Wildman–Crippen LogP) is 2.92. The number of rotatable bonds is 3. The molecule has 0 bridgehead atoms. The van der Waals surface area contributed by atoms with Crippen molar-refractivity contribution in [3.63, 3.8) is 0 Å². The Balaban J connectivity index is 2.28. The third kappa shape index (κ3) is 2.80. The van der Waals surface area contributed by atoms with Gasteiger partial charge in [-0.2, -0.15) is 0 Å². The van der Waals surface area contributed by atoms with Crippen molar-refractivity contribution in [3.05, 3.63) is 65.2 Å². The lowest BCUT2D eigenvalue weighted by Gasteiger charge is -2.07. The number of amides is 1. The van der Waals surface area contributed by atoms with Crippen LogP contribution in [0.2, 0.25) is 0 Å². The summed E-state index contributed by atoms with van der Waals surface area (Å²) < 4.78 is 26.6. The van der Waals surface area contributed by atoms with Crippen LogP contribution in [-0.2, 0) is 0 Å². The van der Waals surface area contributed by atoms with E-state index in [1.54, 1.807) is 0 Å². The zero-order valence-electron chi connectivity index (χ0n) is 10.1. The summed E-state index contributed by atoms with van der Waals surface area (Å²) in [4.78, 5) is 22.6. The Labute approximate surface area is 112 Å². The van der Waals surface area contributed by atoms with Crippen LogP contribution in [0.25, 0.3) is 0 Å². The van der Waals surface area contributed by atoms with Crippen molar-refractivity contribution in [2.24, 2.45) is 0 Å². The second-order valence-corrected chi connectivity index (χ2v) is 3.93. The fourth-order valence-electron chi connectivity index (χ4n) is 1.60. The molecule has 20 heavy (non-hydrogen) atoms. The number of halogens is 2. The summed E-state index contributed by atoms with van der Waals surface area (Å²) in [6.07, 6.45) is 0. The SMILES string of the molecule is O=C(O)c1cccc(C(=O)Nc2ccc(F)cc2)c1F. The molecular formula is C14H9F2NO3. The molecule has 102 valence electrons. The molecule has 0 atom stereocenters. The van der Waals surface area contributed by atoms with Gasteiger partial charge in [-0.3, -0.25) is 4.79 Å². The molecule has 2 aromatic rings. The highest BCUT2D eigenvalue weighted by Gasteiger charge is 2.18. The van der Waals surface area contributed by atoms with Crippen LogP contribution < -0.4 is 5.32 Å². The Hall–Kier alpha value is -2.76. The largest absolute Gasteiger partial charge is 0.478 e. The van der Waals surface area contributed by atoms with Crippen molar-refractivity contribution < 1.29 is 23.5 Å². The molecule has 2 rings (SSSR count). The van der Waals surface area contributed by atoms with E-state index < -0.39 is 34.6 Å². The molecule has 2 aromatic carbocycles. The Bertz CT molecular complexity index is 669. The van der Waals surface area contributed by atoms with Gasteiger partial charge in [-0.25, -0.2) is 13.6 Å². The lowest BCUT2D eigenvalue weighted by molar-refractivity contribution is 0.0692. The van der Waals surface area contributed by atoms with E-state index >= 15 is 0 Å². The van der Waals surface area contributed by atoms with Gasteiger partial charge in [0.1, 0.15) is 11.6 Å². The number of hydrogen-bond donors (Lipinski definition) is 2. The van der Waals surface area contributed by atoms with Crippen LogP contribution >= 0.6 is 0 Å². The fraction of sp³-hybridized carbons (Fsp3) is 0. The molecule has 4 nitrogen and oxygen atoms in total. The van der Waals surface area contributed by atoms with E-state index in [0.29, 0.717) is 0 Å². The third-order valence-electron chi connectivity index (χ3n) is 2.58. The van der Waals surface area contributed by atoms with Crippen LogP contribution in [0.3, 0.4) is 0 Å². The summed E-state index contributed by atoms with van der Waals surface area (Å²) in [5, 5.41) is 11.1. The van der Waals surface area contributed by atoms with Crippen molar-refractivity contribution in [2.75, 3.05) is 5.32 Å². The van der Waals surface area contributed by atoms with Crippen molar-refractivity contribution >= 4 is 17.6 Å². The maximum atomic E-state index is 13.8. The van der Waals surface area contributed by atoms with Gasteiger partial charge in [0.2, 0.25) is 0 Å². The van der Waals surface area contributed by atoms with Crippen molar-refractivity contribution in [2.45, 2.75) is 0 Å². The normalized spacial score (nSPS) is 10.1. The molecule has 0 unspecified atom stereocenters. The van der Waals surface area contributed by atoms with E-state index in [1.807, 2.05) is 0 Å². The first-order chi connectivity index (χ1) is 9.49. The summed E-state index contributed by atoms with van der Waals surface area (Å²) in [5.41, 5.74) is -0.706. The number of nitrogens with one attached hydrogen (secondary N) is 1. The second-order valence-electron chi connectivity index (χ2n) is 3.93. The zero-order chi connectivity index (χ0) is 14.7. The molecule has 0 fully saturated rings. The molecule has 0 aromatic heterocycles. The molecule has 2 N–H and O–H groups in total. The number of anilines is 1. The third-order valence-corrected chi connectivity index (χ3v) is 2.58. The van der Waals surface area contributed by atoms with Crippen LogP contribution in [0.15, 0.2) is 42.5 Å². The molecule has 0 saturated heterocycles. The molecule has 0 heterocycles. The van der Waals surface area contributed by atoms with Crippen molar-refractivity contribution in [3.8, 4) is 0 Å². The van der Waals surface area contributed by atoms with Crippen LogP contribution in [0.1, 0.15) is 20.7 Å². The minimum atomic E-state index is -1.46. The van der Waals surface area contributed by atoms with E-state index in [2.05, 4.69) is 5.32 Å². The Morgan fingerprint density at radius 2 is 1.55 bits per heavy atom. The van der Waals surface area contributed by atoms with E-state index in [-0.39, 0.29) is 5.69 Å². The van der Waals surface area contributed by atoms with Crippen LogP contribution in [0.5, 0.6) is 0 Å². The maximum absolute atomic E-state index is 13.8. The van der Waals surface area contributed by atoms with Gasteiger partial charge in [-0.1, -0.05) is 6.07 Å². The second kappa shape index (κ2) is 5.48. The lowest BCUT2D eigenvalue weighted by atomic mass is 10.1. The topological polar surface area (TPSA) is 66.4 Å². The summed E-state index contributed by atoms with van der Waals surface area (Å²) >= 11 is 0. The minimum Gasteiger partial charge on any atom is -0.478 e. The molecule has 6 heteroatoms. The monoisotopic (exact) mass is 277 g/mol.